The third-order valence-electron chi connectivity index (χ3n) is 3.17. The largest absolute Gasteiger partial charge is 0.270 e. The molecule has 1 heterocycles. The summed E-state index contributed by atoms with van der Waals surface area (Å²) in [7, 11) is 0. The summed E-state index contributed by atoms with van der Waals surface area (Å²) in [5, 5.41) is 4.98. The van der Waals surface area contributed by atoms with E-state index in [4.69, 9.17) is 11.6 Å². The van der Waals surface area contributed by atoms with Crippen LogP contribution in [0.2, 0.25) is 0 Å². The summed E-state index contributed by atoms with van der Waals surface area (Å²) in [4.78, 5) is 0. The molecule has 0 aliphatic heterocycles. The number of halogens is 1. The van der Waals surface area contributed by atoms with Crippen LogP contribution < -0.4 is 0 Å². The predicted molar refractivity (Wildman–Crippen MR) is 63.3 cm³/mol. The van der Waals surface area contributed by atoms with E-state index in [-0.39, 0.29) is 0 Å². The van der Waals surface area contributed by atoms with Crippen LogP contribution in [0.1, 0.15) is 44.8 Å². The molecule has 2 atom stereocenters. The molecule has 3 heteroatoms. The first kappa shape index (κ1) is 11.0. The number of hydrogen-bond donors (Lipinski definition) is 0. The van der Waals surface area contributed by atoms with Gasteiger partial charge in [-0.05, 0) is 51.5 Å². The van der Waals surface area contributed by atoms with Crippen LogP contribution in [0.3, 0.4) is 0 Å². The van der Waals surface area contributed by atoms with E-state index in [1.807, 2.05) is 4.68 Å². The highest BCUT2D eigenvalue weighted by Gasteiger charge is 2.23. The van der Waals surface area contributed by atoms with Crippen molar-refractivity contribution in [2.45, 2.75) is 50.9 Å². The quantitative estimate of drug-likeness (QED) is 0.723. The Morgan fingerprint density at radius 3 is 2.87 bits per heavy atom. The number of rotatable bonds is 3. The highest BCUT2D eigenvalue weighted by molar-refractivity contribution is 6.20. The van der Waals surface area contributed by atoms with Gasteiger partial charge in [-0.25, -0.2) is 0 Å². The molecule has 1 aliphatic carbocycles. The predicted octanol–water partition coefficient (Wildman–Crippen LogP) is 3.41. The van der Waals surface area contributed by atoms with Gasteiger partial charge in [-0.2, -0.15) is 5.10 Å². The van der Waals surface area contributed by atoms with E-state index in [0.717, 1.165) is 18.8 Å². The Kier molecular flexibility index (Phi) is 3.35. The van der Waals surface area contributed by atoms with E-state index in [1.54, 1.807) is 0 Å². The van der Waals surface area contributed by atoms with Gasteiger partial charge in [0.15, 0.2) is 0 Å². The third-order valence-corrected chi connectivity index (χ3v) is 3.56. The van der Waals surface area contributed by atoms with Gasteiger partial charge in [0.25, 0.3) is 0 Å². The molecule has 1 aromatic rings. The minimum Gasteiger partial charge on any atom is -0.270 e. The lowest BCUT2D eigenvalue weighted by Gasteiger charge is -2.07. The maximum atomic E-state index is 6.10. The standard InChI is InChI=1S/C12H19ClN2/c1-9(2)15-6-5-12(14-15)8-10-3-4-11(13)7-10/h5-6,9-11H,3-4,7-8H2,1-2H3. The number of hydrogen-bond acceptors (Lipinski definition) is 1. The van der Waals surface area contributed by atoms with Crippen molar-refractivity contribution in [2.24, 2.45) is 5.92 Å². The summed E-state index contributed by atoms with van der Waals surface area (Å²) in [5.74, 6) is 0.753. The van der Waals surface area contributed by atoms with Gasteiger partial charge < -0.3 is 0 Å². The average Bonchev–Trinajstić information content (AvgIpc) is 2.76. The van der Waals surface area contributed by atoms with Crippen molar-refractivity contribution in [1.82, 2.24) is 9.78 Å². The maximum absolute atomic E-state index is 6.10. The van der Waals surface area contributed by atoms with Gasteiger partial charge in [0.1, 0.15) is 0 Å². The Morgan fingerprint density at radius 2 is 2.33 bits per heavy atom. The second-order valence-electron chi connectivity index (χ2n) is 4.86. The van der Waals surface area contributed by atoms with Crippen LogP contribution in [0.4, 0.5) is 0 Å². The summed E-state index contributed by atoms with van der Waals surface area (Å²) in [6.07, 6.45) is 6.78. The van der Waals surface area contributed by atoms with Gasteiger partial charge in [0.05, 0.1) is 5.69 Å². The number of nitrogens with zero attached hydrogens (tertiary/aromatic N) is 2. The molecule has 0 amide bonds. The van der Waals surface area contributed by atoms with Crippen LogP contribution in [0.15, 0.2) is 12.3 Å². The van der Waals surface area contributed by atoms with E-state index < -0.39 is 0 Å². The summed E-state index contributed by atoms with van der Waals surface area (Å²) in [5.41, 5.74) is 1.22. The van der Waals surface area contributed by atoms with Crippen LogP contribution in [-0.4, -0.2) is 15.2 Å². The zero-order valence-electron chi connectivity index (χ0n) is 9.49. The lowest BCUT2D eigenvalue weighted by atomic mass is 10.0. The Bertz CT molecular complexity index is 319. The molecule has 84 valence electrons. The van der Waals surface area contributed by atoms with Crippen molar-refractivity contribution < 1.29 is 0 Å². The monoisotopic (exact) mass is 226 g/mol. The second kappa shape index (κ2) is 4.56. The molecule has 2 nitrogen and oxygen atoms in total. The number of alkyl halides is 1. The van der Waals surface area contributed by atoms with Gasteiger partial charge >= 0.3 is 0 Å². The first-order chi connectivity index (χ1) is 7.15. The molecule has 2 rings (SSSR count). The van der Waals surface area contributed by atoms with Gasteiger partial charge in [0, 0.05) is 17.6 Å². The molecule has 2 unspecified atom stereocenters. The van der Waals surface area contributed by atoms with Gasteiger partial charge in [-0.3, -0.25) is 4.68 Å². The molecule has 0 spiro atoms. The summed E-state index contributed by atoms with van der Waals surface area (Å²) in [6, 6.07) is 2.60. The van der Waals surface area contributed by atoms with Crippen LogP contribution in [-0.2, 0) is 6.42 Å². The average molecular weight is 227 g/mol. The minimum absolute atomic E-state index is 0.405. The molecule has 1 aromatic heterocycles. The lowest BCUT2D eigenvalue weighted by Crippen LogP contribution is -2.05. The number of aromatic nitrogens is 2. The molecule has 15 heavy (non-hydrogen) atoms. The SMILES string of the molecule is CC(C)n1ccc(CC2CCC(Cl)C2)n1. The topological polar surface area (TPSA) is 17.8 Å². The van der Waals surface area contributed by atoms with Crippen LogP contribution in [0, 0.1) is 5.92 Å². The zero-order valence-corrected chi connectivity index (χ0v) is 10.2. The molecule has 1 saturated carbocycles. The van der Waals surface area contributed by atoms with Gasteiger partial charge in [-0.15, -0.1) is 11.6 Å². The van der Waals surface area contributed by atoms with E-state index in [1.165, 1.54) is 18.5 Å². The third kappa shape index (κ3) is 2.75. The second-order valence-corrected chi connectivity index (χ2v) is 5.48. The van der Waals surface area contributed by atoms with Gasteiger partial charge in [-0.1, -0.05) is 0 Å². The van der Waals surface area contributed by atoms with Crippen molar-refractivity contribution in [2.75, 3.05) is 0 Å². The summed E-state index contributed by atoms with van der Waals surface area (Å²) in [6.45, 7) is 4.31. The first-order valence-electron chi connectivity index (χ1n) is 5.83. The minimum atomic E-state index is 0.405. The summed E-state index contributed by atoms with van der Waals surface area (Å²) < 4.78 is 2.03. The van der Waals surface area contributed by atoms with Crippen LogP contribution in [0.25, 0.3) is 0 Å². The summed E-state index contributed by atoms with van der Waals surface area (Å²) >= 11 is 6.10. The smallest absolute Gasteiger partial charge is 0.0627 e. The van der Waals surface area contributed by atoms with E-state index in [2.05, 4.69) is 31.2 Å². The zero-order chi connectivity index (χ0) is 10.8. The van der Waals surface area contributed by atoms with Crippen molar-refractivity contribution in [3.63, 3.8) is 0 Å². The molecular weight excluding hydrogens is 208 g/mol. The van der Waals surface area contributed by atoms with Crippen molar-refractivity contribution in [3.05, 3.63) is 18.0 Å². The fourth-order valence-electron chi connectivity index (χ4n) is 2.27. The molecule has 1 aliphatic rings. The van der Waals surface area contributed by atoms with E-state index in [9.17, 15) is 0 Å². The fourth-order valence-corrected chi connectivity index (χ4v) is 2.65. The Morgan fingerprint density at radius 1 is 1.53 bits per heavy atom. The molecular formula is C12H19ClN2. The molecule has 0 aromatic carbocycles. The Hall–Kier alpha value is -0.500. The normalized spacial score (nSPS) is 26.4. The maximum Gasteiger partial charge on any atom is 0.0627 e. The Balaban J connectivity index is 1.93. The van der Waals surface area contributed by atoms with Crippen molar-refractivity contribution in [3.8, 4) is 0 Å². The molecule has 0 bridgehead atoms. The molecule has 0 radical (unpaired) electrons. The van der Waals surface area contributed by atoms with Crippen LogP contribution in [0.5, 0.6) is 0 Å². The molecule has 0 N–H and O–H groups in total. The van der Waals surface area contributed by atoms with Crippen molar-refractivity contribution >= 4 is 11.6 Å². The van der Waals surface area contributed by atoms with E-state index >= 15 is 0 Å². The van der Waals surface area contributed by atoms with Crippen molar-refractivity contribution in [1.29, 1.82) is 0 Å². The highest BCUT2D eigenvalue weighted by atomic mass is 35.5. The highest BCUT2D eigenvalue weighted by Crippen LogP contribution is 2.31. The Labute approximate surface area is 96.6 Å². The van der Waals surface area contributed by atoms with Gasteiger partial charge in [0.2, 0.25) is 0 Å². The molecule has 0 saturated heterocycles. The fraction of sp³-hybridized carbons (Fsp3) is 0.750. The van der Waals surface area contributed by atoms with Crippen LogP contribution >= 0.6 is 11.6 Å². The lowest BCUT2D eigenvalue weighted by molar-refractivity contribution is 0.501. The first-order valence-corrected chi connectivity index (χ1v) is 6.27. The molecule has 1 fully saturated rings. The van der Waals surface area contributed by atoms with E-state index in [0.29, 0.717) is 11.4 Å².